The Kier molecular flexibility index (Phi) is 7.50. The molecule has 0 aliphatic carbocycles. The van der Waals surface area contributed by atoms with Gasteiger partial charge in [-0.2, -0.15) is 0 Å². The van der Waals surface area contributed by atoms with Gasteiger partial charge < -0.3 is 4.90 Å². The minimum atomic E-state index is 0.735. The molecule has 0 bridgehead atoms. The van der Waals surface area contributed by atoms with Crippen molar-refractivity contribution in [1.29, 1.82) is 0 Å². The van der Waals surface area contributed by atoms with Gasteiger partial charge >= 0.3 is 0 Å². The molecule has 1 heterocycles. The van der Waals surface area contributed by atoms with Crippen molar-refractivity contribution in [2.45, 2.75) is 33.1 Å². The average molecular weight is 399 g/mol. The second kappa shape index (κ2) is 10.5. The Morgan fingerprint density at radius 1 is 0.933 bits per heavy atom. The summed E-state index contributed by atoms with van der Waals surface area (Å²) in [6, 6.07) is 19.5. The summed E-state index contributed by atoms with van der Waals surface area (Å²) in [6.07, 6.45) is 6.68. The van der Waals surface area contributed by atoms with Gasteiger partial charge in [0.15, 0.2) is 0 Å². The molecule has 0 saturated carbocycles. The molecule has 4 heteroatoms. The second-order valence-corrected chi connectivity index (χ2v) is 7.41. The number of rotatable bonds is 9. The van der Waals surface area contributed by atoms with E-state index in [4.69, 9.17) is 4.99 Å². The number of aryl methyl sites for hydroxylation is 1. The van der Waals surface area contributed by atoms with E-state index in [1.807, 2.05) is 13.0 Å². The van der Waals surface area contributed by atoms with Crippen molar-refractivity contribution in [2.75, 3.05) is 18.5 Å². The molecule has 3 aromatic rings. The Labute approximate surface area is 180 Å². The summed E-state index contributed by atoms with van der Waals surface area (Å²) >= 11 is 0. The zero-order chi connectivity index (χ0) is 21.3. The van der Waals surface area contributed by atoms with E-state index in [1.165, 1.54) is 28.9 Å². The average Bonchev–Trinajstić information content (AvgIpc) is 2.79. The van der Waals surface area contributed by atoms with E-state index in [0.717, 1.165) is 36.3 Å². The van der Waals surface area contributed by atoms with Gasteiger partial charge in [0.05, 0.1) is 11.9 Å². The number of benzene rings is 2. The van der Waals surface area contributed by atoms with E-state index in [2.05, 4.69) is 84.1 Å². The highest BCUT2D eigenvalue weighted by atomic mass is 15.1. The van der Waals surface area contributed by atoms with Crippen LogP contribution in [0.4, 0.5) is 17.1 Å². The van der Waals surface area contributed by atoms with Crippen LogP contribution in [-0.2, 0) is 12.8 Å². The van der Waals surface area contributed by atoms with Gasteiger partial charge in [0, 0.05) is 42.4 Å². The predicted octanol–water partition coefficient (Wildman–Crippen LogP) is 6.19. The van der Waals surface area contributed by atoms with Crippen molar-refractivity contribution in [3.8, 4) is 0 Å². The SMILES string of the molecule is C=Nc1cnccc1/C(C)=N\CCc1ccc(N(C)c2ccc(CCC)cc2)cc1. The van der Waals surface area contributed by atoms with Crippen LogP contribution in [0.1, 0.15) is 37.0 Å². The monoisotopic (exact) mass is 398 g/mol. The first-order chi connectivity index (χ1) is 14.6. The standard InChI is InChI=1S/C26H30N4/c1-5-6-21-7-11-23(12-8-21)30(4)24-13-9-22(10-14-24)15-18-29-20(2)25-16-17-28-19-26(25)27-3/h7-14,16-17,19H,3,5-6,15,18H2,1-2,4H3/b29-20-. The normalized spacial score (nSPS) is 11.4. The highest BCUT2D eigenvalue weighted by molar-refractivity contribution is 6.02. The molecule has 0 spiro atoms. The van der Waals surface area contributed by atoms with Gasteiger partial charge in [-0.1, -0.05) is 37.6 Å². The van der Waals surface area contributed by atoms with Crippen LogP contribution in [0.25, 0.3) is 0 Å². The summed E-state index contributed by atoms with van der Waals surface area (Å²) in [4.78, 5) is 15.1. The fourth-order valence-corrected chi connectivity index (χ4v) is 3.47. The first kappa shape index (κ1) is 21.4. The molecule has 2 aromatic carbocycles. The van der Waals surface area contributed by atoms with Gasteiger partial charge in [-0.15, -0.1) is 0 Å². The van der Waals surface area contributed by atoms with Gasteiger partial charge in [-0.25, -0.2) is 0 Å². The molecule has 154 valence electrons. The number of aromatic nitrogens is 1. The zero-order valence-corrected chi connectivity index (χ0v) is 18.2. The minimum Gasteiger partial charge on any atom is -0.345 e. The Balaban J connectivity index is 1.61. The van der Waals surface area contributed by atoms with Gasteiger partial charge in [-0.3, -0.25) is 15.0 Å². The van der Waals surface area contributed by atoms with E-state index < -0.39 is 0 Å². The number of hydrogen-bond acceptors (Lipinski definition) is 4. The second-order valence-electron chi connectivity index (χ2n) is 7.41. The number of pyridine rings is 1. The van der Waals surface area contributed by atoms with Crippen LogP contribution in [0, 0.1) is 0 Å². The maximum Gasteiger partial charge on any atom is 0.0895 e. The highest BCUT2D eigenvalue weighted by Gasteiger charge is 2.06. The van der Waals surface area contributed by atoms with Crippen LogP contribution < -0.4 is 4.90 Å². The minimum absolute atomic E-state index is 0.735. The summed E-state index contributed by atoms with van der Waals surface area (Å²) < 4.78 is 0. The van der Waals surface area contributed by atoms with Crippen LogP contribution in [0.3, 0.4) is 0 Å². The number of hydrogen-bond donors (Lipinski definition) is 0. The van der Waals surface area contributed by atoms with Crippen LogP contribution in [0.2, 0.25) is 0 Å². The Morgan fingerprint density at radius 2 is 1.53 bits per heavy atom. The first-order valence-electron chi connectivity index (χ1n) is 10.5. The predicted molar refractivity (Wildman–Crippen MR) is 129 cm³/mol. The molecule has 0 atom stereocenters. The molecule has 0 N–H and O–H groups in total. The summed E-state index contributed by atoms with van der Waals surface area (Å²) in [5.74, 6) is 0. The molecular weight excluding hydrogens is 368 g/mol. The lowest BCUT2D eigenvalue weighted by Gasteiger charge is -2.20. The molecule has 0 aliphatic heterocycles. The smallest absolute Gasteiger partial charge is 0.0895 e. The van der Waals surface area contributed by atoms with Crippen molar-refractivity contribution in [1.82, 2.24) is 4.98 Å². The third-order valence-corrected chi connectivity index (χ3v) is 5.30. The summed E-state index contributed by atoms with van der Waals surface area (Å²) in [5.41, 5.74) is 7.77. The summed E-state index contributed by atoms with van der Waals surface area (Å²) in [6.45, 7) is 8.56. The largest absolute Gasteiger partial charge is 0.345 e. The number of aliphatic imine (C=N–C) groups is 2. The van der Waals surface area contributed by atoms with Crippen molar-refractivity contribution in [3.05, 3.63) is 83.7 Å². The Morgan fingerprint density at radius 3 is 2.10 bits per heavy atom. The molecule has 0 saturated heterocycles. The topological polar surface area (TPSA) is 40.9 Å². The fourth-order valence-electron chi connectivity index (χ4n) is 3.47. The fraction of sp³-hybridized carbons (Fsp3) is 0.269. The van der Waals surface area contributed by atoms with E-state index in [0.29, 0.717) is 0 Å². The van der Waals surface area contributed by atoms with Crippen molar-refractivity contribution < 1.29 is 0 Å². The maximum absolute atomic E-state index is 4.72. The lowest BCUT2D eigenvalue weighted by Crippen LogP contribution is -2.09. The summed E-state index contributed by atoms with van der Waals surface area (Å²) in [5, 5.41) is 0. The third-order valence-electron chi connectivity index (χ3n) is 5.30. The van der Waals surface area contributed by atoms with Crippen molar-refractivity contribution >= 4 is 29.5 Å². The van der Waals surface area contributed by atoms with Gasteiger partial charge in [-0.05, 0) is 67.9 Å². The molecule has 0 unspecified atom stereocenters. The van der Waals surface area contributed by atoms with Crippen LogP contribution in [-0.4, -0.2) is 31.0 Å². The van der Waals surface area contributed by atoms with Crippen molar-refractivity contribution in [3.63, 3.8) is 0 Å². The third kappa shape index (κ3) is 5.41. The highest BCUT2D eigenvalue weighted by Crippen LogP contribution is 2.24. The molecule has 3 rings (SSSR count). The zero-order valence-electron chi connectivity index (χ0n) is 18.2. The molecule has 4 nitrogen and oxygen atoms in total. The molecule has 0 fully saturated rings. The maximum atomic E-state index is 4.72. The van der Waals surface area contributed by atoms with Crippen LogP contribution >= 0.6 is 0 Å². The molecular formula is C26H30N4. The molecule has 1 aromatic heterocycles. The van der Waals surface area contributed by atoms with Gasteiger partial charge in [0.1, 0.15) is 0 Å². The van der Waals surface area contributed by atoms with E-state index in [1.54, 1.807) is 12.4 Å². The lowest BCUT2D eigenvalue weighted by atomic mass is 10.1. The molecule has 0 amide bonds. The molecule has 30 heavy (non-hydrogen) atoms. The quantitative estimate of drug-likeness (QED) is 0.403. The lowest BCUT2D eigenvalue weighted by molar-refractivity contribution is 0.921. The van der Waals surface area contributed by atoms with Crippen LogP contribution in [0.5, 0.6) is 0 Å². The van der Waals surface area contributed by atoms with E-state index in [9.17, 15) is 0 Å². The molecule has 0 aliphatic rings. The number of anilines is 2. The van der Waals surface area contributed by atoms with Crippen LogP contribution in [0.15, 0.2) is 77.0 Å². The first-order valence-corrected chi connectivity index (χ1v) is 10.5. The number of nitrogens with zero attached hydrogens (tertiary/aromatic N) is 4. The van der Waals surface area contributed by atoms with E-state index >= 15 is 0 Å². The Bertz CT molecular complexity index is 988. The van der Waals surface area contributed by atoms with Crippen molar-refractivity contribution in [2.24, 2.45) is 9.98 Å². The van der Waals surface area contributed by atoms with E-state index in [-0.39, 0.29) is 0 Å². The molecule has 0 radical (unpaired) electrons. The summed E-state index contributed by atoms with van der Waals surface area (Å²) in [7, 11) is 2.11. The van der Waals surface area contributed by atoms with Gasteiger partial charge in [0.25, 0.3) is 0 Å². The van der Waals surface area contributed by atoms with Gasteiger partial charge in [0.2, 0.25) is 0 Å². The Hall–Kier alpha value is -3.27.